The zero-order valence-electron chi connectivity index (χ0n) is 9.73. The lowest BCUT2D eigenvalue weighted by molar-refractivity contribution is 0.159. The lowest BCUT2D eigenvalue weighted by Crippen LogP contribution is -2.48. The van der Waals surface area contributed by atoms with Gasteiger partial charge in [-0.2, -0.15) is 0 Å². The summed E-state index contributed by atoms with van der Waals surface area (Å²) < 4.78 is 0. The van der Waals surface area contributed by atoms with Gasteiger partial charge in [-0.1, -0.05) is 12.1 Å². The van der Waals surface area contributed by atoms with Crippen LogP contribution in [0.4, 0.5) is 5.69 Å². The van der Waals surface area contributed by atoms with Crippen LogP contribution in [0.2, 0.25) is 0 Å². The minimum absolute atomic E-state index is 0.743. The van der Waals surface area contributed by atoms with Crippen LogP contribution in [0.25, 0.3) is 0 Å². The molecule has 86 valence electrons. The summed E-state index contributed by atoms with van der Waals surface area (Å²) in [5.74, 6) is 1.95. The van der Waals surface area contributed by atoms with Crippen LogP contribution >= 0.6 is 0 Å². The second-order valence-electron chi connectivity index (χ2n) is 5.31. The molecular formula is C14H20N2. The summed E-state index contributed by atoms with van der Waals surface area (Å²) in [5, 5.41) is 0. The summed E-state index contributed by atoms with van der Waals surface area (Å²) >= 11 is 0. The highest BCUT2D eigenvalue weighted by atomic mass is 15.2. The number of piperidine rings is 2. The van der Waals surface area contributed by atoms with E-state index in [1.165, 1.54) is 37.2 Å². The Morgan fingerprint density at radius 1 is 1.06 bits per heavy atom. The van der Waals surface area contributed by atoms with Crippen LogP contribution in [0.5, 0.6) is 0 Å². The number of anilines is 1. The van der Waals surface area contributed by atoms with Crippen LogP contribution in [0.15, 0.2) is 24.3 Å². The van der Waals surface area contributed by atoms with Crippen LogP contribution in [-0.4, -0.2) is 19.6 Å². The Bertz CT molecular complexity index is 342. The third-order valence-corrected chi connectivity index (χ3v) is 4.03. The smallest absolute Gasteiger partial charge is 0.0366 e. The van der Waals surface area contributed by atoms with Crippen LogP contribution < -0.4 is 10.6 Å². The number of fused-ring (bicyclic) bond motifs is 2. The van der Waals surface area contributed by atoms with Gasteiger partial charge in [0, 0.05) is 18.8 Å². The molecule has 3 aliphatic rings. The minimum atomic E-state index is 0.743. The van der Waals surface area contributed by atoms with Crippen molar-refractivity contribution in [3.63, 3.8) is 0 Å². The summed E-state index contributed by atoms with van der Waals surface area (Å²) in [7, 11) is 0. The number of rotatable bonds is 3. The van der Waals surface area contributed by atoms with E-state index < -0.39 is 0 Å². The Morgan fingerprint density at radius 3 is 2.25 bits per heavy atom. The molecule has 0 unspecified atom stereocenters. The molecule has 2 nitrogen and oxygen atoms in total. The van der Waals surface area contributed by atoms with Gasteiger partial charge in [-0.15, -0.1) is 0 Å². The molecule has 1 aromatic rings. The van der Waals surface area contributed by atoms with Gasteiger partial charge in [0.25, 0.3) is 0 Å². The molecule has 4 rings (SSSR count). The molecule has 3 fully saturated rings. The van der Waals surface area contributed by atoms with Gasteiger partial charge in [0.2, 0.25) is 0 Å². The van der Waals surface area contributed by atoms with E-state index in [0.717, 1.165) is 24.8 Å². The van der Waals surface area contributed by atoms with Gasteiger partial charge in [-0.3, -0.25) is 0 Å². The van der Waals surface area contributed by atoms with Gasteiger partial charge < -0.3 is 10.6 Å². The molecular weight excluding hydrogens is 196 g/mol. The topological polar surface area (TPSA) is 29.3 Å². The van der Waals surface area contributed by atoms with E-state index in [9.17, 15) is 0 Å². The minimum Gasteiger partial charge on any atom is -0.371 e. The second kappa shape index (κ2) is 4.10. The van der Waals surface area contributed by atoms with E-state index in [4.69, 9.17) is 5.73 Å². The first kappa shape index (κ1) is 10.2. The van der Waals surface area contributed by atoms with E-state index in [1.807, 2.05) is 0 Å². The maximum Gasteiger partial charge on any atom is 0.0366 e. The second-order valence-corrected chi connectivity index (χ2v) is 5.31. The van der Waals surface area contributed by atoms with Gasteiger partial charge in [0.15, 0.2) is 0 Å². The van der Waals surface area contributed by atoms with Crippen molar-refractivity contribution in [2.45, 2.75) is 19.3 Å². The Hall–Kier alpha value is -1.02. The van der Waals surface area contributed by atoms with Gasteiger partial charge in [-0.05, 0) is 55.3 Å². The van der Waals surface area contributed by atoms with Crippen molar-refractivity contribution in [2.75, 3.05) is 24.5 Å². The number of hydrogen-bond acceptors (Lipinski definition) is 2. The molecule has 2 N–H and O–H groups in total. The molecule has 0 spiro atoms. The Kier molecular flexibility index (Phi) is 2.60. The average molecular weight is 216 g/mol. The lowest BCUT2D eigenvalue weighted by atomic mass is 9.71. The summed E-state index contributed by atoms with van der Waals surface area (Å²) in [6, 6.07) is 8.97. The molecule has 1 aromatic carbocycles. The number of benzene rings is 1. The molecule has 0 amide bonds. The van der Waals surface area contributed by atoms with Gasteiger partial charge in [-0.25, -0.2) is 0 Å². The number of nitrogens with zero attached hydrogens (tertiary/aromatic N) is 1. The van der Waals surface area contributed by atoms with Crippen molar-refractivity contribution in [3.8, 4) is 0 Å². The molecule has 1 saturated carbocycles. The fourth-order valence-corrected chi connectivity index (χ4v) is 3.12. The third kappa shape index (κ3) is 1.82. The number of hydrogen-bond donors (Lipinski definition) is 1. The van der Waals surface area contributed by atoms with Gasteiger partial charge in [0.1, 0.15) is 0 Å². The highest BCUT2D eigenvalue weighted by molar-refractivity contribution is 5.48. The first-order valence-corrected chi connectivity index (χ1v) is 6.39. The van der Waals surface area contributed by atoms with E-state index in [-0.39, 0.29) is 0 Å². The van der Waals surface area contributed by atoms with Crippen LogP contribution in [0.1, 0.15) is 18.4 Å². The quantitative estimate of drug-likeness (QED) is 0.837. The molecule has 0 atom stereocenters. The Balaban J connectivity index is 1.69. The molecule has 16 heavy (non-hydrogen) atoms. The fraction of sp³-hybridized carbons (Fsp3) is 0.571. The maximum atomic E-state index is 5.55. The highest BCUT2D eigenvalue weighted by Crippen LogP contribution is 2.40. The lowest BCUT2D eigenvalue weighted by Gasteiger charge is -2.48. The molecule has 2 aliphatic heterocycles. The summed E-state index contributed by atoms with van der Waals surface area (Å²) in [4.78, 5) is 2.55. The largest absolute Gasteiger partial charge is 0.371 e. The highest BCUT2D eigenvalue weighted by Gasteiger charge is 2.36. The first-order chi connectivity index (χ1) is 7.85. The monoisotopic (exact) mass is 216 g/mol. The number of nitrogens with two attached hydrogens (primary N) is 1. The van der Waals surface area contributed by atoms with Gasteiger partial charge in [0.05, 0.1) is 0 Å². The summed E-state index contributed by atoms with van der Waals surface area (Å²) in [6.07, 6.45) is 3.94. The SMILES string of the molecule is NCCc1ccc(N2CC3CC(C3)C2)cc1. The van der Waals surface area contributed by atoms with Crippen molar-refractivity contribution < 1.29 is 0 Å². The molecule has 0 radical (unpaired) electrons. The predicted molar refractivity (Wildman–Crippen MR) is 67.6 cm³/mol. The van der Waals surface area contributed by atoms with Gasteiger partial charge >= 0.3 is 0 Å². The maximum absolute atomic E-state index is 5.55. The zero-order chi connectivity index (χ0) is 11.0. The molecule has 2 heterocycles. The third-order valence-electron chi connectivity index (χ3n) is 4.03. The first-order valence-electron chi connectivity index (χ1n) is 6.39. The van der Waals surface area contributed by atoms with Crippen molar-refractivity contribution in [1.29, 1.82) is 0 Å². The normalized spacial score (nSPS) is 27.7. The average Bonchev–Trinajstić information content (AvgIpc) is 2.30. The summed E-state index contributed by atoms with van der Waals surface area (Å²) in [6.45, 7) is 3.28. The zero-order valence-corrected chi connectivity index (χ0v) is 9.73. The van der Waals surface area contributed by atoms with Crippen molar-refractivity contribution in [1.82, 2.24) is 0 Å². The van der Waals surface area contributed by atoms with E-state index in [0.29, 0.717) is 0 Å². The molecule has 2 heteroatoms. The molecule has 2 bridgehead atoms. The molecule has 0 aromatic heterocycles. The van der Waals surface area contributed by atoms with E-state index in [1.54, 1.807) is 0 Å². The molecule has 2 saturated heterocycles. The van der Waals surface area contributed by atoms with E-state index >= 15 is 0 Å². The predicted octanol–water partition coefficient (Wildman–Crippen LogP) is 2.03. The Labute approximate surface area is 97.4 Å². The van der Waals surface area contributed by atoms with Crippen LogP contribution in [0.3, 0.4) is 0 Å². The van der Waals surface area contributed by atoms with Crippen molar-refractivity contribution in [2.24, 2.45) is 17.6 Å². The Morgan fingerprint density at radius 2 is 1.69 bits per heavy atom. The fourth-order valence-electron chi connectivity index (χ4n) is 3.12. The molecule has 1 aliphatic carbocycles. The van der Waals surface area contributed by atoms with Crippen molar-refractivity contribution >= 4 is 5.69 Å². The van der Waals surface area contributed by atoms with Crippen LogP contribution in [0, 0.1) is 11.8 Å². The standard InChI is InChI=1S/C14H20N2/c15-6-5-11-1-3-14(4-2-11)16-9-12-7-13(8-12)10-16/h1-4,12-13H,5-10,15H2. The van der Waals surface area contributed by atoms with Crippen molar-refractivity contribution in [3.05, 3.63) is 29.8 Å². The van der Waals surface area contributed by atoms with E-state index in [2.05, 4.69) is 29.2 Å². The summed E-state index contributed by atoms with van der Waals surface area (Å²) in [5.41, 5.74) is 8.31. The van der Waals surface area contributed by atoms with Crippen LogP contribution in [-0.2, 0) is 6.42 Å².